The van der Waals surface area contributed by atoms with E-state index in [1.165, 1.54) is 12.7 Å². The van der Waals surface area contributed by atoms with Gasteiger partial charge >= 0.3 is 5.97 Å². The third kappa shape index (κ3) is 3.55. The van der Waals surface area contributed by atoms with Crippen molar-refractivity contribution in [1.82, 2.24) is 4.90 Å². The number of hydrogen-bond acceptors (Lipinski definition) is 4. The van der Waals surface area contributed by atoms with Crippen LogP contribution in [0.5, 0.6) is 0 Å². The molecule has 1 aromatic carbocycles. The van der Waals surface area contributed by atoms with E-state index in [0.717, 1.165) is 25.9 Å². The van der Waals surface area contributed by atoms with Crippen LogP contribution < -0.4 is 5.73 Å². The molecule has 1 unspecified atom stereocenters. The minimum atomic E-state index is -0.861. The van der Waals surface area contributed by atoms with Gasteiger partial charge in [0.15, 0.2) is 0 Å². The first kappa shape index (κ1) is 14.0. The fourth-order valence-electron chi connectivity index (χ4n) is 2.68. The molecule has 4 nitrogen and oxygen atoms in total. The van der Waals surface area contributed by atoms with Gasteiger partial charge in [0.25, 0.3) is 0 Å². The molecular formula is C15H22N2O2. The number of ether oxygens (including phenoxy) is 1. The van der Waals surface area contributed by atoms with Crippen LogP contribution in [0.2, 0.25) is 0 Å². The molecule has 19 heavy (non-hydrogen) atoms. The summed E-state index contributed by atoms with van der Waals surface area (Å²) in [6, 6.07) is 10.3. The molecule has 2 N–H and O–H groups in total. The second-order valence-corrected chi connectivity index (χ2v) is 5.30. The molecule has 1 aliphatic heterocycles. The Kier molecular flexibility index (Phi) is 4.56. The molecule has 1 fully saturated rings. The Labute approximate surface area is 114 Å². The van der Waals surface area contributed by atoms with E-state index >= 15 is 0 Å². The number of hydrogen-bond donors (Lipinski definition) is 1. The Morgan fingerprint density at radius 1 is 1.37 bits per heavy atom. The maximum Gasteiger partial charge on any atom is 0.327 e. The van der Waals surface area contributed by atoms with Crippen molar-refractivity contribution in [3.05, 3.63) is 35.9 Å². The third-order valence-electron chi connectivity index (χ3n) is 3.69. The highest BCUT2D eigenvalue weighted by Crippen LogP contribution is 2.21. The van der Waals surface area contributed by atoms with E-state index in [1.807, 2.05) is 18.2 Å². The highest BCUT2D eigenvalue weighted by molar-refractivity contribution is 5.80. The molecule has 1 aromatic rings. The van der Waals surface area contributed by atoms with E-state index in [2.05, 4.69) is 17.0 Å². The van der Waals surface area contributed by atoms with E-state index in [9.17, 15) is 4.79 Å². The molecular weight excluding hydrogens is 240 g/mol. The van der Waals surface area contributed by atoms with Gasteiger partial charge in [0.1, 0.15) is 5.54 Å². The lowest BCUT2D eigenvalue weighted by Crippen LogP contribution is -2.55. The second-order valence-electron chi connectivity index (χ2n) is 5.30. The van der Waals surface area contributed by atoms with Gasteiger partial charge in [0.2, 0.25) is 0 Å². The highest BCUT2D eigenvalue weighted by Gasteiger charge is 2.38. The van der Waals surface area contributed by atoms with Gasteiger partial charge < -0.3 is 10.5 Å². The number of carbonyl (C=O) groups excluding carboxylic acids is 1. The van der Waals surface area contributed by atoms with Crippen LogP contribution in [0.1, 0.15) is 24.8 Å². The largest absolute Gasteiger partial charge is 0.468 e. The monoisotopic (exact) mass is 262 g/mol. The van der Waals surface area contributed by atoms with Gasteiger partial charge in [0, 0.05) is 13.1 Å². The Morgan fingerprint density at radius 2 is 2.11 bits per heavy atom. The number of carbonyl (C=O) groups is 1. The van der Waals surface area contributed by atoms with E-state index < -0.39 is 5.54 Å². The molecule has 2 rings (SSSR count). The van der Waals surface area contributed by atoms with Crippen molar-refractivity contribution in [2.45, 2.75) is 31.3 Å². The van der Waals surface area contributed by atoms with Crippen molar-refractivity contribution >= 4 is 5.97 Å². The van der Waals surface area contributed by atoms with Crippen LogP contribution in [0.25, 0.3) is 0 Å². The van der Waals surface area contributed by atoms with Crippen LogP contribution in [-0.2, 0) is 16.1 Å². The predicted octanol–water partition coefficient (Wildman–Crippen LogP) is 1.54. The number of nitrogens with zero attached hydrogens (tertiary/aromatic N) is 1. The van der Waals surface area contributed by atoms with E-state index in [0.29, 0.717) is 13.0 Å². The smallest absolute Gasteiger partial charge is 0.327 e. The van der Waals surface area contributed by atoms with Crippen molar-refractivity contribution < 1.29 is 9.53 Å². The van der Waals surface area contributed by atoms with Gasteiger partial charge in [-0.2, -0.15) is 0 Å². The van der Waals surface area contributed by atoms with Crippen molar-refractivity contribution in [2.24, 2.45) is 5.73 Å². The summed E-state index contributed by atoms with van der Waals surface area (Å²) in [6.45, 7) is 2.37. The summed E-state index contributed by atoms with van der Waals surface area (Å²) in [5.74, 6) is -0.299. The minimum absolute atomic E-state index is 0.299. The third-order valence-corrected chi connectivity index (χ3v) is 3.69. The molecule has 0 amide bonds. The van der Waals surface area contributed by atoms with Crippen LogP contribution in [0.3, 0.4) is 0 Å². The fourth-order valence-corrected chi connectivity index (χ4v) is 2.68. The zero-order chi connectivity index (χ0) is 13.7. The fraction of sp³-hybridized carbons (Fsp3) is 0.533. The second kappa shape index (κ2) is 6.17. The zero-order valence-electron chi connectivity index (χ0n) is 11.5. The maximum atomic E-state index is 11.9. The van der Waals surface area contributed by atoms with Crippen LogP contribution in [0, 0.1) is 0 Å². The molecule has 1 atom stereocenters. The van der Waals surface area contributed by atoms with Gasteiger partial charge in [0.05, 0.1) is 7.11 Å². The lowest BCUT2D eigenvalue weighted by atomic mass is 9.95. The van der Waals surface area contributed by atoms with Crippen LogP contribution >= 0.6 is 0 Å². The molecule has 0 radical (unpaired) electrons. The van der Waals surface area contributed by atoms with Gasteiger partial charge in [-0.3, -0.25) is 9.69 Å². The molecule has 0 saturated carbocycles. The molecule has 1 saturated heterocycles. The predicted molar refractivity (Wildman–Crippen MR) is 74.5 cm³/mol. The first-order valence-corrected chi connectivity index (χ1v) is 6.78. The molecule has 0 spiro atoms. The molecule has 1 heterocycles. The van der Waals surface area contributed by atoms with Gasteiger partial charge in [-0.05, 0) is 31.4 Å². The number of nitrogens with two attached hydrogens (primary N) is 1. The Balaban J connectivity index is 2.06. The summed E-state index contributed by atoms with van der Waals surface area (Å²) in [4.78, 5) is 14.1. The van der Waals surface area contributed by atoms with Gasteiger partial charge in [-0.15, -0.1) is 0 Å². The normalized spacial score (nSPS) is 24.7. The number of rotatable bonds is 3. The summed E-state index contributed by atoms with van der Waals surface area (Å²) in [5, 5.41) is 0. The number of methoxy groups -OCH3 is 1. The quantitative estimate of drug-likeness (QED) is 0.840. The Morgan fingerprint density at radius 3 is 2.79 bits per heavy atom. The first-order valence-electron chi connectivity index (χ1n) is 6.78. The molecule has 104 valence electrons. The van der Waals surface area contributed by atoms with Crippen LogP contribution in [-0.4, -0.2) is 36.6 Å². The SMILES string of the molecule is COC(=O)C1(N)CCCCN(Cc2ccccc2)C1. The van der Waals surface area contributed by atoms with Crippen LogP contribution in [0.15, 0.2) is 30.3 Å². The van der Waals surface area contributed by atoms with Crippen molar-refractivity contribution in [3.8, 4) is 0 Å². The molecule has 4 heteroatoms. The zero-order valence-corrected chi connectivity index (χ0v) is 11.5. The molecule has 0 bridgehead atoms. The van der Waals surface area contributed by atoms with Crippen LogP contribution in [0.4, 0.5) is 0 Å². The van der Waals surface area contributed by atoms with Crippen molar-refractivity contribution in [2.75, 3.05) is 20.2 Å². The van der Waals surface area contributed by atoms with E-state index in [-0.39, 0.29) is 5.97 Å². The Bertz CT molecular complexity index is 421. The molecule has 0 aromatic heterocycles. The topological polar surface area (TPSA) is 55.6 Å². The summed E-state index contributed by atoms with van der Waals surface area (Å²) in [6.07, 6.45) is 2.74. The number of benzene rings is 1. The first-order chi connectivity index (χ1) is 9.14. The van der Waals surface area contributed by atoms with Crippen molar-refractivity contribution in [1.29, 1.82) is 0 Å². The lowest BCUT2D eigenvalue weighted by molar-refractivity contribution is -0.148. The molecule has 1 aliphatic rings. The average molecular weight is 262 g/mol. The standard InChI is InChI=1S/C15H22N2O2/c1-19-14(18)15(16)9-5-6-10-17(12-15)11-13-7-3-2-4-8-13/h2-4,7-8H,5-6,9-12,16H2,1H3. The number of esters is 1. The summed E-state index contributed by atoms with van der Waals surface area (Å²) in [5.41, 5.74) is 6.63. The number of likely N-dealkylation sites (tertiary alicyclic amines) is 1. The maximum absolute atomic E-state index is 11.9. The van der Waals surface area contributed by atoms with E-state index in [1.54, 1.807) is 0 Å². The average Bonchev–Trinajstić information content (AvgIpc) is 2.61. The van der Waals surface area contributed by atoms with E-state index in [4.69, 9.17) is 10.5 Å². The lowest BCUT2D eigenvalue weighted by Gasteiger charge is -2.30. The Hall–Kier alpha value is -1.39. The minimum Gasteiger partial charge on any atom is -0.468 e. The summed E-state index contributed by atoms with van der Waals surface area (Å²) < 4.78 is 4.86. The van der Waals surface area contributed by atoms with Gasteiger partial charge in [-0.25, -0.2) is 0 Å². The summed E-state index contributed by atoms with van der Waals surface area (Å²) >= 11 is 0. The highest BCUT2D eigenvalue weighted by atomic mass is 16.5. The van der Waals surface area contributed by atoms with Crippen molar-refractivity contribution in [3.63, 3.8) is 0 Å². The molecule has 0 aliphatic carbocycles. The van der Waals surface area contributed by atoms with Gasteiger partial charge in [-0.1, -0.05) is 30.3 Å². The summed E-state index contributed by atoms with van der Waals surface area (Å²) in [7, 11) is 1.41.